The van der Waals surface area contributed by atoms with Crippen molar-refractivity contribution in [2.75, 3.05) is 7.11 Å². The highest BCUT2D eigenvalue weighted by molar-refractivity contribution is 7.17. The smallest absolute Gasteiger partial charge is 0.282 e. The lowest BCUT2D eigenvalue weighted by Gasteiger charge is -2.03. The Bertz CT molecular complexity index is 709. The van der Waals surface area contributed by atoms with Crippen molar-refractivity contribution in [3.8, 4) is 22.8 Å². The summed E-state index contributed by atoms with van der Waals surface area (Å²) in [6, 6.07) is 7.60. The minimum absolute atomic E-state index is 0.237. The number of hydrogen-bond donors (Lipinski definition) is 0. The summed E-state index contributed by atoms with van der Waals surface area (Å²) in [7, 11) is 1.62. The molecule has 0 saturated carbocycles. The highest BCUT2D eigenvalue weighted by Gasteiger charge is 2.13. The molecule has 3 aromatic rings. The van der Waals surface area contributed by atoms with Crippen LogP contribution in [0.2, 0.25) is 0 Å². The maximum Gasteiger partial charge on any atom is 0.282 e. The average molecular weight is 257 g/mol. The Morgan fingerprint density at radius 2 is 2.17 bits per heavy atom. The van der Waals surface area contributed by atoms with E-state index in [0.29, 0.717) is 10.2 Å². The van der Waals surface area contributed by atoms with Crippen molar-refractivity contribution in [1.29, 1.82) is 0 Å². The molecule has 1 radical (unpaired) electrons. The van der Waals surface area contributed by atoms with Gasteiger partial charge >= 0.3 is 0 Å². The number of fused-ring (bicyclic) bond motifs is 1. The zero-order valence-corrected chi connectivity index (χ0v) is 10.4. The van der Waals surface area contributed by atoms with E-state index in [9.17, 15) is 5.11 Å². The summed E-state index contributed by atoms with van der Waals surface area (Å²) < 4.78 is 5.19. The Kier molecular flexibility index (Phi) is 2.60. The van der Waals surface area contributed by atoms with Crippen molar-refractivity contribution in [3.05, 3.63) is 36.0 Å². The van der Waals surface area contributed by atoms with Gasteiger partial charge in [-0.1, -0.05) is 12.1 Å². The monoisotopic (exact) mass is 257 g/mol. The Labute approximate surface area is 108 Å². The lowest BCUT2D eigenvalue weighted by atomic mass is 10.1. The molecule has 2 heterocycles. The van der Waals surface area contributed by atoms with Crippen LogP contribution in [-0.4, -0.2) is 17.1 Å². The average Bonchev–Trinajstić information content (AvgIpc) is 2.84. The third-order valence-corrected chi connectivity index (χ3v) is 3.60. The zero-order chi connectivity index (χ0) is 12.5. The molecule has 0 bridgehead atoms. The number of rotatable bonds is 2. The quantitative estimate of drug-likeness (QED) is 0.705. The molecule has 5 heteroatoms. The van der Waals surface area contributed by atoms with Gasteiger partial charge < -0.3 is 4.74 Å². The van der Waals surface area contributed by atoms with Gasteiger partial charge in [-0.3, -0.25) is 5.11 Å². The summed E-state index contributed by atoms with van der Waals surface area (Å²) in [4.78, 5) is 8.54. The van der Waals surface area contributed by atoms with Crippen LogP contribution in [0.15, 0.2) is 36.0 Å². The summed E-state index contributed by atoms with van der Waals surface area (Å²) in [5.41, 5.74) is 1.80. The van der Waals surface area contributed by atoms with E-state index in [2.05, 4.69) is 9.97 Å². The van der Waals surface area contributed by atoms with Gasteiger partial charge in [-0.2, -0.15) is 4.98 Å². The van der Waals surface area contributed by atoms with Gasteiger partial charge in [0.2, 0.25) is 0 Å². The van der Waals surface area contributed by atoms with E-state index in [1.807, 2.05) is 29.6 Å². The fourth-order valence-electron chi connectivity index (χ4n) is 1.85. The first-order chi connectivity index (χ1) is 8.79. The first kappa shape index (κ1) is 11.0. The van der Waals surface area contributed by atoms with Crippen LogP contribution in [0.5, 0.6) is 11.6 Å². The number of thiophene rings is 1. The lowest BCUT2D eigenvalue weighted by Crippen LogP contribution is -1.84. The van der Waals surface area contributed by atoms with E-state index >= 15 is 0 Å². The van der Waals surface area contributed by atoms with Crippen LogP contribution < -0.4 is 4.74 Å². The van der Waals surface area contributed by atoms with Gasteiger partial charge in [-0.05, 0) is 17.7 Å². The van der Waals surface area contributed by atoms with Gasteiger partial charge in [0.15, 0.2) is 0 Å². The second-order valence-electron chi connectivity index (χ2n) is 3.74. The third kappa shape index (κ3) is 1.69. The van der Waals surface area contributed by atoms with E-state index in [1.54, 1.807) is 7.11 Å². The van der Waals surface area contributed by atoms with Gasteiger partial charge in [-0.25, -0.2) is 4.98 Å². The summed E-state index contributed by atoms with van der Waals surface area (Å²) in [5, 5.41) is 14.3. The molecule has 0 saturated heterocycles. The highest BCUT2D eigenvalue weighted by Crippen LogP contribution is 2.37. The summed E-state index contributed by atoms with van der Waals surface area (Å²) >= 11 is 1.44. The first-order valence-electron chi connectivity index (χ1n) is 5.33. The molecule has 0 aliphatic heterocycles. The van der Waals surface area contributed by atoms with Gasteiger partial charge in [-0.15, -0.1) is 11.3 Å². The van der Waals surface area contributed by atoms with Gasteiger partial charge in [0.1, 0.15) is 16.9 Å². The lowest BCUT2D eigenvalue weighted by molar-refractivity contribution is 0.343. The fourth-order valence-corrected chi connectivity index (χ4v) is 2.76. The molecule has 3 rings (SSSR count). The van der Waals surface area contributed by atoms with Crippen LogP contribution >= 0.6 is 11.3 Å². The predicted molar refractivity (Wildman–Crippen MR) is 69.5 cm³/mol. The van der Waals surface area contributed by atoms with Crippen molar-refractivity contribution < 1.29 is 9.84 Å². The SMILES string of the molecule is COc1cccc(-c2csc3ncnc([O])c23)c1. The topological polar surface area (TPSA) is 54.9 Å². The predicted octanol–water partition coefficient (Wildman–Crippen LogP) is 3.51. The van der Waals surface area contributed by atoms with E-state index in [4.69, 9.17) is 4.74 Å². The van der Waals surface area contributed by atoms with Crippen LogP contribution in [0.1, 0.15) is 0 Å². The third-order valence-electron chi connectivity index (χ3n) is 2.72. The Balaban J connectivity index is 2.25. The number of benzene rings is 1. The van der Waals surface area contributed by atoms with Crippen LogP contribution in [0, 0.1) is 0 Å². The van der Waals surface area contributed by atoms with E-state index in [1.165, 1.54) is 17.7 Å². The molecule has 0 aliphatic rings. The minimum Gasteiger partial charge on any atom is -0.497 e. The van der Waals surface area contributed by atoms with Crippen molar-refractivity contribution in [3.63, 3.8) is 0 Å². The minimum atomic E-state index is -0.237. The molecule has 4 nitrogen and oxygen atoms in total. The molecule has 0 aliphatic carbocycles. The van der Waals surface area contributed by atoms with E-state index in [0.717, 1.165) is 16.9 Å². The maximum absolute atomic E-state index is 11.8. The molecular weight excluding hydrogens is 248 g/mol. The molecular formula is C13H9N2O2S. The molecule has 2 aromatic heterocycles. The molecule has 0 N–H and O–H groups in total. The molecule has 0 fully saturated rings. The number of hydrogen-bond acceptors (Lipinski definition) is 4. The van der Waals surface area contributed by atoms with Crippen molar-refractivity contribution in [2.45, 2.75) is 0 Å². The van der Waals surface area contributed by atoms with Gasteiger partial charge in [0.25, 0.3) is 5.88 Å². The summed E-state index contributed by atoms with van der Waals surface area (Å²) in [6.07, 6.45) is 1.30. The molecule has 0 spiro atoms. The van der Waals surface area contributed by atoms with Crippen molar-refractivity contribution in [1.82, 2.24) is 9.97 Å². The molecule has 0 unspecified atom stereocenters. The van der Waals surface area contributed by atoms with Gasteiger partial charge in [0.05, 0.1) is 12.5 Å². The molecule has 0 amide bonds. The fraction of sp³-hybridized carbons (Fsp3) is 0.0769. The summed E-state index contributed by atoms with van der Waals surface area (Å²) in [6.45, 7) is 0. The number of methoxy groups -OCH3 is 1. The Morgan fingerprint density at radius 1 is 1.28 bits per heavy atom. The Morgan fingerprint density at radius 3 is 3.00 bits per heavy atom. The van der Waals surface area contributed by atoms with Crippen molar-refractivity contribution in [2.24, 2.45) is 0 Å². The number of ether oxygens (including phenoxy) is 1. The first-order valence-corrected chi connectivity index (χ1v) is 6.21. The van der Waals surface area contributed by atoms with Gasteiger partial charge in [0, 0.05) is 10.9 Å². The standard InChI is InChI=1S/C13H9N2O2S/c1-17-9-4-2-3-8(5-9)10-6-18-13-11(10)12(16)14-7-15-13/h2-7H,1H3. The van der Waals surface area contributed by atoms with Crippen LogP contribution in [0.4, 0.5) is 0 Å². The van der Waals surface area contributed by atoms with E-state index in [-0.39, 0.29) is 5.88 Å². The summed E-state index contributed by atoms with van der Waals surface area (Å²) in [5.74, 6) is 0.523. The molecule has 1 aromatic carbocycles. The molecule has 89 valence electrons. The normalized spacial score (nSPS) is 10.7. The second-order valence-corrected chi connectivity index (χ2v) is 4.60. The second kappa shape index (κ2) is 4.27. The molecule has 0 atom stereocenters. The van der Waals surface area contributed by atoms with E-state index < -0.39 is 0 Å². The van der Waals surface area contributed by atoms with Crippen molar-refractivity contribution >= 4 is 21.6 Å². The Hall–Kier alpha value is -2.14. The number of nitrogens with zero attached hydrogens (tertiary/aromatic N) is 2. The van der Waals surface area contributed by atoms with Crippen LogP contribution in [0.25, 0.3) is 21.3 Å². The molecule has 18 heavy (non-hydrogen) atoms. The highest BCUT2D eigenvalue weighted by atomic mass is 32.1. The maximum atomic E-state index is 11.8. The van der Waals surface area contributed by atoms with Crippen LogP contribution in [-0.2, 0) is 5.11 Å². The largest absolute Gasteiger partial charge is 0.497 e. The van der Waals surface area contributed by atoms with Crippen LogP contribution in [0.3, 0.4) is 0 Å². The number of aromatic nitrogens is 2. The zero-order valence-electron chi connectivity index (χ0n) is 9.58.